The maximum atomic E-state index is 12.2. The van der Waals surface area contributed by atoms with Crippen LogP contribution in [0.5, 0.6) is 0 Å². The fourth-order valence-electron chi connectivity index (χ4n) is 2.49. The summed E-state index contributed by atoms with van der Waals surface area (Å²) in [6.07, 6.45) is 1.45. The van der Waals surface area contributed by atoms with Gasteiger partial charge < -0.3 is 0 Å². The van der Waals surface area contributed by atoms with Crippen LogP contribution in [0, 0.1) is 16.7 Å². The van der Waals surface area contributed by atoms with E-state index in [9.17, 15) is 13.2 Å². The molecule has 1 aliphatic rings. The van der Waals surface area contributed by atoms with Crippen LogP contribution in [-0.2, 0) is 0 Å². The molecule has 0 N–H and O–H groups in total. The fraction of sp³-hybridized carbons (Fsp3) is 1.00. The number of halogens is 3. The third kappa shape index (κ3) is 7.27. The zero-order valence-corrected chi connectivity index (χ0v) is 12.2. The molecular weight excluding hydrogens is 237 g/mol. The molecule has 0 aliphatic heterocycles. The second-order valence-corrected chi connectivity index (χ2v) is 7.59. The first-order valence-electron chi connectivity index (χ1n) is 7.06. The molecule has 1 aliphatic carbocycles. The highest BCUT2D eigenvalue weighted by atomic mass is 19.4. The summed E-state index contributed by atoms with van der Waals surface area (Å²) >= 11 is 0. The summed E-state index contributed by atoms with van der Waals surface area (Å²) in [6, 6.07) is 0. The second-order valence-electron chi connectivity index (χ2n) is 7.59. The average Bonchev–Trinajstić information content (AvgIpc) is 2.95. The number of rotatable bonds is 7. The van der Waals surface area contributed by atoms with Crippen LogP contribution in [0.4, 0.5) is 13.2 Å². The minimum absolute atomic E-state index is 0.198. The molecule has 18 heavy (non-hydrogen) atoms. The van der Waals surface area contributed by atoms with Crippen LogP contribution in [0.1, 0.15) is 72.6 Å². The van der Waals surface area contributed by atoms with E-state index in [1.54, 1.807) is 0 Å². The number of hydrogen-bond acceptors (Lipinski definition) is 0. The molecule has 0 unspecified atom stereocenters. The summed E-state index contributed by atoms with van der Waals surface area (Å²) in [6.45, 7) is 8.44. The topological polar surface area (TPSA) is 0 Å². The second kappa shape index (κ2) is 5.42. The van der Waals surface area contributed by atoms with Crippen molar-refractivity contribution in [2.45, 2.75) is 78.8 Å². The number of alkyl halides is 3. The zero-order valence-electron chi connectivity index (χ0n) is 12.2. The Labute approximate surface area is 109 Å². The molecule has 0 nitrogen and oxygen atoms in total. The summed E-state index contributed by atoms with van der Waals surface area (Å²) in [5.41, 5.74) is 0.0903. The lowest BCUT2D eigenvalue weighted by Crippen LogP contribution is -2.21. The first-order valence-corrected chi connectivity index (χ1v) is 7.06. The van der Waals surface area contributed by atoms with E-state index in [-0.39, 0.29) is 17.3 Å². The Morgan fingerprint density at radius 2 is 1.22 bits per heavy atom. The van der Waals surface area contributed by atoms with Crippen molar-refractivity contribution in [1.29, 1.82) is 0 Å². The van der Waals surface area contributed by atoms with Gasteiger partial charge in [-0.1, -0.05) is 40.5 Å². The summed E-state index contributed by atoms with van der Waals surface area (Å²) < 4.78 is 36.7. The van der Waals surface area contributed by atoms with Crippen molar-refractivity contribution in [3.05, 3.63) is 0 Å². The predicted octanol–water partition coefficient (Wildman–Crippen LogP) is 5.96. The van der Waals surface area contributed by atoms with Gasteiger partial charge in [0.05, 0.1) is 0 Å². The van der Waals surface area contributed by atoms with Crippen LogP contribution in [0.25, 0.3) is 0 Å². The van der Waals surface area contributed by atoms with Crippen molar-refractivity contribution < 1.29 is 13.2 Å². The Kier molecular flexibility index (Phi) is 4.77. The van der Waals surface area contributed by atoms with Crippen molar-refractivity contribution in [3.8, 4) is 0 Å². The van der Waals surface area contributed by atoms with Crippen molar-refractivity contribution in [1.82, 2.24) is 0 Å². The van der Waals surface area contributed by atoms with E-state index in [4.69, 9.17) is 0 Å². The van der Waals surface area contributed by atoms with Gasteiger partial charge in [0.15, 0.2) is 0 Å². The first-order chi connectivity index (χ1) is 7.99. The maximum Gasteiger partial charge on any atom is 0.389 e. The Morgan fingerprint density at radius 3 is 1.67 bits per heavy atom. The van der Waals surface area contributed by atoms with Crippen LogP contribution in [0.2, 0.25) is 0 Å². The van der Waals surface area contributed by atoms with Gasteiger partial charge in [-0.05, 0) is 42.4 Å². The molecule has 0 aromatic rings. The van der Waals surface area contributed by atoms with E-state index < -0.39 is 12.6 Å². The van der Waals surface area contributed by atoms with Gasteiger partial charge in [0, 0.05) is 6.42 Å². The van der Waals surface area contributed by atoms with Gasteiger partial charge in [-0.15, -0.1) is 0 Å². The molecule has 1 rings (SSSR count). The van der Waals surface area contributed by atoms with Gasteiger partial charge in [0.25, 0.3) is 0 Å². The van der Waals surface area contributed by atoms with Crippen LogP contribution in [-0.4, -0.2) is 6.18 Å². The molecule has 0 saturated heterocycles. The monoisotopic (exact) mass is 264 g/mol. The van der Waals surface area contributed by atoms with E-state index in [0.717, 1.165) is 18.8 Å². The first kappa shape index (κ1) is 15.8. The lowest BCUT2D eigenvalue weighted by atomic mass is 9.75. The highest BCUT2D eigenvalue weighted by Crippen LogP contribution is 2.44. The Balaban J connectivity index is 2.30. The van der Waals surface area contributed by atoms with Gasteiger partial charge in [-0.3, -0.25) is 0 Å². The SMILES string of the molecule is CC(C)(CCC(F)(F)F)CCC(C)(C)CC1CC1. The van der Waals surface area contributed by atoms with Crippen molar-refractivity contribution in [2.24, 2.45) is 16.7 Å². The van der Waals surface area contributed by atoms with Gasteiger partial charge in [0.2, 0.25) is 0 Å². The van der Waals surface area contributed by atoms with Crippen molar-refractivity contribution >= 4 is 0 Å². The summed E-state index contributed by atoms with van der Waals surface area (Å²) in [4.78, 5) is 0. The van der Waals surface area contributed by atoms with Crippen LogP contribution >= 0.6 is 0 Å². The zero-order chi connectivity index (χ0) is 14.0. The van der Waals surface area contributed by atoms with Gasteiger partial charge in [0.1, 0.15) is 0 Å². The van der Waals surface area contributed by atoms with Gasteiger partial charge in [-0.2, -0.15) is 13.2 Å². The lowest BCUT2D eigenvalue weighted by molar-refractivity contribution is -0.140. The van der Waals surface area contributed by atoms with E-state index in [2.05, 4.69) is 13.8 Å². The molecule has 108 valence electrons. The smallest absolute Gasteiger partial charge is 0.171 e. The maximum absolute atomic E-state index is 12.2. The number of hydrogen-bond donors (Lipinski definition) is 0. The average molecular weight is 264 g/mol. The van der Waals surface area contributed by atoms with Crippen molar-refractivity contribution in [3.63, 3.8) is 0 Å². The molecule has 0 aromatic heterocycles. The third-order valence-electron chi connectivity index (χ3n) is 4.10. The van der Waals surface area contributed by atoms with E-state index in [1.165, 1.54) is 19.3 Å². The highest BCUT2D eigenvalue weighted by Gasteiger charge is 2.34. The Hall–Kier alpha value is -0.210. The summed E-state index contributed by atoms with van der Waals surface area (Å²) in [7, 11) is 0. The lowest BCUT2D eigenvalue weighted by Gasteiger charge is -2.31. The molecular formula is C15H27F3. The molecule has 0 aromatic carbocycles. The molecule has 0 heterocycles. The summed E-state index contributed by atoms with van der Waals surface area (Å²) in [5.74, 6) is 0.887. The third-order valence-corrected chi connectivity index (χ3v) is 4.10. The molecule has 1 fully saturated rings. The van der Waals surface area contributed by atoms with E-state index in [0.29, 0.717) is 0 Å². The van der Waals surface area contributed by atoms with E-state index in [1.807, 2.05) is 13.8 Å². The van der Waals surface area contributed by atoms with E-state index >= 15 is 0 Å². The van der Waals surface area contributed by atoms with Crippen LogP contribution in [0.15, 0.2) is 0 Å². The molecule has 1 saturated carbocycles. The molecule has 0 atom stereocenters. The van der Waals surface area contributed by atoms with Crippen molar-refractivity contribution in [2.75, 3.05) is 0 Å². The van der Waals surface area contributed by atoms with Gasteiger partial charge in [-0.25, -0.2) is 0 Å². The van der Waals surface area contributed by atoms with Crippen LogP contribution < -0.4 is 0 Å². The molecule has 0 amide bonds. The molecule has 0 radical (unpaired) electrons. The standard InChI is InChI=1S/C15H27F3/c1-13(2,9-10-15(16,17)18)7-8-14(3,4)11-12-5-6-12/h12H,5-11H2,1-4H3. The quantitative estimate of drug-likeness (QED) is 0.532. The normalized spacial score (nSPS) is 18.2. The predicted molar refractivity (Wildman–Crippen MR) is 69.4 cm³/mol. The minimum Gasteiger partial charge on any atom is -0.171 e. The Morgan fingerprint density at radius 1 is 0.778 bits per heavy atom. The fourth-order valence-corrected chi connectivity index (χ4v) is 2.49. The minimum atomic E-state index is -4.01. The molecule has 0 bridgehead atoms. The Bertz CT molecular complexity index is 259. The van der Waals surface area contributed by atoms with Crippen LogP contribution in [0.3, 0.4) is 0 Å². The highest BCUT2D eigenvalue weighted by molar-refractivity contribution is 4.83. The van der Waals surface area contributed by atoms with Gasteiger partial charge >= 0.3 is 6.18 Å². The summed E-state index contributed by atoms with van der Waals surface area (Å²) in [5, 5.41) is 0. The molecule has 0 spiro atoms. The molecule has 3 heteroatoms. The largest absolute Gasteiger partial charge is 0.389 e.